The minimum atomic E-state index is -0.201. The van der Waals surface area contributed by atoms with Gasteiger partial charge >= 0.3 is 0 Å². The summed E-state index contributed by atoms with van der Waals surface area (Å²) in [6.45, 7) is 2.22. The summed E-state index contributed by atoms with van der Waals surface area (Å²) in [5.41, 5.74) is 7.62. The van der Waals surface area contributed by atoms with Gasteiger partial charge in [0.25, 0.3) is 5.56 Å². The van der Waals surface area contributed by atoms with E-state index < -0.39 is 0 Å². The van der Waals surface area contributed by atoms with Crippen LogP contribution in [0.5, 0.6) is 0 Å². The van der Waals surface area contributed by atoms with E-state index in [9.17, 15) is 4.79 Å². The summed E-state index contributed by atoms with van der Waals surface area (Å²) in [5, 5.41) is 7.97. The van der Waals surface area contributed by atoms with Crippen molar-refractivity contribution in [3.05, 3.63) is 81.9 Å². The number of para-hydroxylation sites is 1. The van der Waals surface area contributed by atoms with Crippen LogP contribution in [0.3, 0.4) is 0 Å². The van der Waals surface area contributed by atoms with Gasteiger partial charge in [0.1, 0.15) is 29.4 Å². The van der Waals surface area contributed by atoms with Crippen LogP contribution in [0.4, 0.5) is 11.6 Å². The number of nitrogens with two attached hydrogens (primary N) is 1. The predicted molar refractivity (Wildman–Crippen MR) is 134 cm³/mol. The van der Waals surface area contributed by atoms with Crippen molar-refractivity contribution in [2.75, 3.05) is 17.6 Å². The van der Waals surface area contributed by atoms with Gasteiger partial charge in [0.05, 0.1) is 21.6 Å². The Hall–Kier alpha value is -4.31. The number of nitrogen functional groups attached to an aromatic ring is 1. The molecule has 11 heteroatoms. The molecule has 0 radical (unpaired) electrons. The van der Waals surface area contributed by atoms with Gasteiger partial charge in [0, 0.05) is 19.9 Å². The Bertz CT molecular complexity index is 1570. The minimum Gasteiger partial charge on any atom is -0.383 e. The molecule has 3 aromatic heterocycles. The van der Waals surface area contributed by atoms with Gasteiger partial charge in [-0.25, -0.2) is 15.0 Å². The Morgan fingerprint density at radius 1 is 1.09 bits per heavy atom. The number of nitrogens with zero attached hydrogens (tertiary/aromatic N) is 6. The zero-order valence-corrected chi connectivity index (χ0v) is 19.5. The second kappa shape index (κ2) is 9.51. The number of benzene rings is 2. The van der Waals surface area contributed by atoms with Crippen LogP contribution >= 0.6 is 11.6 Å². The third-order valence-electron chi connectivity index (χ3n) is 5.43. The van der Waals surface area contributed by atoms with Crippen molar-refractivity contribution < 1.29 is 4.52 Å². The molecular formula is C24H21ClN8O2. The molecule has 0 unspecified atom stereocenters. The van der Waals surface area contributed by atoms with Crippen molar-refractivity contribution >= 4 is 34.1 Å². The Morgan fingerprint density at radius 3 is 2.69 bits per heavy atom. The van der Waals surface area contributed by atoms with E-state index in [4.69, 9.17) is 26.8 Å². The van der Waals surface area contributed by atoms with Crippen molar-refractivity contribution in [2.45, 2.75) is 19.8 Å². The maximum Gasteiger partial charge on any atom is 0.267 e. The average molecular weight is 489 g/mol. The fourth-order valence-electron chi connectivity index (χ4n) is 3.85. The number of nitrogens with one attached hydrogen (secondary N) is 1. The van der Waals surface area contributed by atoms with E-state index in [1.165, 1.54) is 6.33 Å². The van der Waals surface area contributed by atoms with E-state index >= 15 is 0 Å². The third kappa shape index (κ3) is 4.43. The molecular weight excluding hydrogens is 468 g/mol. The summed E-state index contributed by atoms with van der Waals surface area (Å²) >= 11 is 6.35. The quantitative estimate of drug-likeness (QED) is 0.327. The van der Waals surface area contributed by atoms with Crippen molar-refractivity contribution in [3.63, 3.8) is 0 Å². The number of hydrogen-bond acceptors (Lipinski definition) is 9. The SMILES string of the molecule is Cc1nc(-c2c(N)ncnc2NCCCc2nc3cccc(Cl)c3c(=O)n2-c2ccccc2)no1. The predicted octanol–water partition coefficient (Wildman–Crippen LogP) is 3.81. The maximum atomic E-state index is 13.4. The van der Waals surface area contributed by atoms with Crippen molar-refractivity contribution in [3.8, 4) is 17.1 Å². The molecule has 3 heterocycles. The molecule has 0 aliphatic rings. The van der Waals surface area contributed by atoms with E-state index in [1.54, 1.807) is 29.7 Å². The molecule has 3 N–H and O–H groups in total. The molecule has 0 bridgehead atoms. The normalized spacial score (nSPS) is 11.1. The molecule has 0 spiro atoms. The molecule has 5 aromatic rings. The molecule has 2 aromatic carbocycles. The zero-order valence-electron chi connectivity index (χ0n) is 18.8. The summed E-state index contributed by atoms with van der Waals surface area (Å²) in [6, 6.07) is 14.7. The van der Waals surface area contributed by atoms with E-state index in [2.05, 4.69) is 25.4 Å². The highest BCUT2D eigenvalue weighted by Gasteiger charge is 2.18. The lowest BCUT2D eigenvalue weighted by atomic mass is 10.2. The first kappa shape index (κ1) is 22.5. The number of halogens is 1. The summed E-state index contributed by atoms with van der Waals surface area (Å²) < 4.78 is 6.69. The van der Waals surface area contributed by atoms with Crippen LogP contribution in [0.1, 0.15) is 18.1 Å². The fraction of sp³-hybridized carbons (Fsp3) is 0.167. The Labute approximate surface area is 204 Å². The van der Waals surface area contributed by atoms with E-state index in [-0.39, 0.29) is 11.4 Å². The highest BCUT2D eigenvalue weighted by molar-refractivity contribution is 6.35. The van der Waals surface area contributed by atoms with E-state index in [0.29, 0.717) is 64.2 Å². The second-order valence-corrected chi connectivity index (χ2v) is 8.20. The van der Waals surface area contributed by atoms with Gasteiger partial charge in [0.15, 0.2) is 0 Å². The molecule has 0 aliphatic heterocycles. The number of aryl methyl sites for hydroxylation is 2. The van der Waals surface area contributed by atoms with Crippen LogP contribution in [-0.2, 0) is 6.42 Å². The molecule has 176 valence electrons. The highest BCUT2D eigenvalue weighted by atomic mass is 35.5. The first-order chi connectivity index (χ1) is 17.0. The van der Waals surface area contributed by atoms with E-state index in [0.717, 1.165) is 5.69 Å². The maximum absolute atomic E-state index is 13.4. The third-order valence-corrected chi connectivity index (χ3v) is 5.74. The number of anilines is 2. The topological polar surface area (TPSA) is 138 Å². The van der Waals surface area contributed by atoms with Gasteiger partial charge in [-0.05, 0) is 30.7 Å². The molecule has 0 saturated carbocycles. The first-order valence-electron chi connectivity index (χ1n) is 10.9. The molecule has 0 aliphatic carbocycles. The average Bonchev–Trinajstić information content (AvgIpc) is 3.28. The van der Waals surface area contributed by atoms with Gasteiger partial charge in [0.2, 0.25) is 11.7 Å². The van der Waals surface area contributed by atoms with Gasteiger partial charge in [-0.15, -0.1) is 0 Å². The Morgan fingerprint density at radius 2 is 1.91 bits per heavy atom. The highest BCUT2D eigenvalue weighted by Crippen LogP contribution is 2.28. The van der Waals surface area contributed by atoms with Gasteiger partial charge in [-0.2, -0.15) is 4.98 Å². The van der Waals surface area contributed by atoms with Crippen LogP contribution in [-0.4, -0.2) is 36.2 Å². The summed E-state index contributed by atoms with van der Waals surface area (Å²) in [4.78, 5) is 30.8. The summed E-state index contributed by atoms with van der Waals surface area (Å²) in [5.74, 6) is 2.10. The largest absolute Gasteiger partial charge is 0.383 e. The van der Waals surface area contributed by atoms with Gasteiger partial charge < -0.3 is 15.6 Å². The summed E-state index contributed by atoms with van der Waals surface area (Å²) in [6.07, 6.45) is 2.55. The molecule has 0 saturated heterocycles. The van der Waals surface area contributed by atoms with Crippen LogP contribution < -0.4 is 16.6 Å². The minimum absolute atomic E-state index is 0.201. The standard InChI is InChI=1S/C24H21ClN8O2/c1-14-30-23(32-35-14)20-21(26)28-13-29-22(20)27-12-6-11-18-31-17-10-5-9-16(25)19(17)24(34)33(18)15-7-3-2-4-8-15/h2-5,7-10,13H,6,11-12H2,1H3,(H3,26,27,28,29). The Balaban J connectivity index is 1.42. The van der Waals surface area contributed by atoms with Crippen molar-refractivity contribution in [1.82, 2.24) is 29.7 Å². The molecule has 0 atom stereocenters. The molecule has 5 rings (SSSR count). The van der Waals surface area contributed by atoms with Gasteiger partial charge in [-0.3, -0.25) is 9.36 Å². The second-order valence-electron chi connectivity index (χ2n) is 7.79. The van der Waals surface area contributed by atoms with Crippen LogP contribution in [0, 0.1) is 6.92 Å². The molecule has 0 fully saturated rings. The Kier molecular flexibility index (Phi) is 6.11. The molecule has 10 nitrogen and oxygen atoms in total. The van der Waals surface area contributed by atoms with Crippen molar-refractivity contribution in [1.29, 1.82) is 0 Å². The monoisotopic (exact) mass is 488 g/mol. The number of rotatable bonds is 7. The van der Waals surface area contributed by atoms with E-state index in [1.807, 2.05) is 30.3 Å². The lowest BCUT2D eigenvalue weighted by molar-refractivity contribution is 0.394. The van der Waals surface area contributed by atoms with Crippen molar-refractivity contribution in [2.24, 2.45) is 0 Å². The molecule has 35 heavy (non-hydrogen) atoms. The summed E-state index contributed by atoms with van der Waals surface area (Å²) in [7, 11) is 0. The van der Waals surface area contributed by atoms with Crippen LogP contribution in [0.2, 0.25) is 5.02 Å². The first-order valence-corrected chi connectivity index (χ1v) is 11.3. The number of hydrogen-bond donors (Lipinski definition) is 2. The smallest absolute Gasteiger partial charge is 0.267 e. The number of fused-ring (bicyclic) bond motifs is 1. The van der Waals surface area contributed by atoms with Crippen LogP contribution in [0.25, 0.3) is 28.0 Å². The molecule has 0 amide bonds. The fourth-order valence-corrected chi connectivity index (χ4v) is 4.10. The number of aromatic nitrogens is 6. The van der Waals surface area contributed by atoms with Crippen LogP contribution in [0.15, 0.2) is 64.2 Å². The lowest BCUT2D eigenvalue weighted by Gasteiger charge is -2.15. The zero-order chi connectivity index (χ0) is 24.4. The lowest BCUT2D eigenvalue weighted by Crippen LogP contribution is -2.24. The van der Waals surface area contributed by atoms with Gasteiger partial charge in [-0.1, -0.05) is 41.0 Å².